The zero-order valence-corrected chi connectivity index (χ0v) is 14.7. The summed E-state index contributed by atoms with van der Waals surface area (Å²) < 4.78 is 27.2. The molecule has 9 heteroatoms. The summed E-state index contributed by atoms with van der Waals surface area (Å²) in [6, 6.07) is 3.89. The minimum atomic E-state index is -3.93. The molecule has 0 bridgehead atoms. The molecule has 0 spiro atoms. The molecule has 0 saturated carbocycles. The summed E-state index contributed by atoms with van der Waals surface area (Å²) >= 11 is 1.66. The van der Waals surface area contributed by atoms with Gasteiger partial charge in [0.25, 0.3) is 5.56 Å². The number of sulfonamides is 1. The van der Waals surface area contributed by atoms with E-state index < -0.39 is 26.2 Å². The molecule has 3 rings (SSSR count). The molecule has 0 aromatic carbocycles. The Morgan fingerprint density at radius 2 is 2.12 bits per heavy atom. The maximum absolute atomic E-state index is 12.9. The van der Waals surface area contributed by atoms with Gasteiger partial charge in [-0.3, -0.25) is 9.78 Å². The van der Waals surface area contributed by atoms with E-state index in [1.807, 2.05) is 22.5 Å². The maximum atomic E-state index is 12.9. The molecule has 0 aliphatic carbocycles. The first kappa shape index (κ1) is 17.1. The van der Waals surface area contributed by atoms with Gasteiger partial charge in [0.15, 0.2) is 4.90 Å². The largest absolute Gasteiger partial charge is 0.325 e. The quantitative estimate of drug-likeness (QED) is 0.829. The summed E-state index contributed by atoms with van der Waals surface area (Å²) in [4.78, 5) is 28.1. The third kappa shape index (κ3) is 3.52. The van der Waals surface area contributed by atoms with Crippen LogP contribution in [0.2, 0.25) is 0 Å². The van der Waals surface area contributed by atoms with Crippen LogP contribution < -0.4 is 11.2 Å². The van der Waals surface area contributed by atoms with Crippen LogP contribution in [0.1, 0.15) is 30.6 Å². The Morgan fingerprint density at radius 3 is 2.83 bits per heavy atom. The molecule has 7 nitrogen and oxygen atoms in total. The highest BCUT2D eigenvalue weighted by Gasteiger charge is 2.35. The SMILES string of the molecule is O=c1[nH]cc(S(=O)(=O)N2CCCCC2CCc2cccs2)c(=O)[nH]1. The van der Waals surface area contributed by atoms with Crippen LogP contribution >= 0.6 is 11.3 Å². The van der Waals surface area contributed by atoms with Crippen molar-refractivity contribution in [1.82, 2.24) is 14.3 Å². The Bertz CT molecular complexity index is 899. The molecule has 24 heavy (non-hydrogen) atoms. The number of rotatable bonds is 5. The number of nitrogens with one attached hydrogen (secondary N) is 2. The zero-order valence-electron chi connectivity index (χ0n) is 13.0. The third-order valence-electron chi connectivity index (χ3n) is 4.25. The molecule has 1 aliphatic rings. The lowest BCUT2D eigenvalue weighted by Crippen LogP contribution is -2.45. The van der Waals surface area contributed by atoms with Gasteiger partial charge in [0.2, 0.25) is 10.0 Å². The number of H-pyrrole nitrogens is 2. The molecule has 1 aliphatic heterocycles. The monoisotopic (exact) mass is 369 g/mol. The summed E-state index contributed by atoms with van der Waals surface area (Å²) in [6.45, 7) is 0.399. The van der Waals surface area contributed by atoms with Gasteiger partial charge in [-0.05, 0) is 37.1 Å². The zero-order chi connectivity index (χ0) is 17.2. The van der Waals surface area contributed by atoms with Gasteiger partial charge in [-0.2, -0.15) is 4.31 Å². The Labute approximate surface area is 143 Å². The predicted molar refractivity (Wildman–Crippen MR) is 91.9 cm³/mol. The van der Waals surface area contributed by atoms with Crippen molar-refractivity contribution < 1.29 is 8.42 Å². The molecule has 2 aromatic rings. The molecule has 3 heterocycles. The van der Waals surface area contributed by atoms with E-state index in [1.165, 1.54) is 9.18 Å². The second-order valence-corrected chi connectivity index (χ2v) is 8.71. The van der Waals surface area contributed by atoms with Crippen molar-refractivity contribution >= 4 is 21.4 Å². The fourth-order valence-electron chi connectivity index (χ4n) is 3.06. The van der Waals surface area contributed by atoms with Crippen LogP contribution in [0.5, 0.6) is 0 Å². The lowest BCUT2D eigenvalue weighted by Gasteiger charge is -2.34. The van der Waals surface area contributed by atoms with Gasteiger partial charge in [0.05, 0.1) is 0 Å². The van der Waals surface area contributed by atoms with Crippen LogP contribution in [-0.4, -0.2) is 35.3 Å². The second-order valence-electron chi connectivity index (χ2n) is 5.82. The van der Waals surface area contributed by atoms with Gasteiger partial charge < -0.3 is 4.98 Å². The maximum Gasteiger partial charge on any atom is 0.325 e. The number of nitrogens with zero attached hydrogens (tertiary/aromatic N) is 1. The number of aromatic nitrogens is 2. The first-order valence-electron chi connectivity index (χ1n) is 7.85. The smallest absolute Gasteiger partial charge is 0.313 e. The molecule has 2 aromatic heterocycles. The van der Waals surface area contributed by atoms with E-state index in [0.717, 1.165) is 38.3 Å². The van der Waals surface area contributed by atoms with E-state index in [9.17, 15) is 18.0 Å². The molecule has 1 fully saturated rings. The van der Waals surface area contributed by atoms with E-state index >= 15 is 0 Å². The highest BCUT2D eigenvalue weighted by atomic mass is 32.2. The molecule has 2 N–H and O–H groups in total. The summed E-state index contributed by atoms with van der Waals surface area (Å²) in [7, 11) is -3.93. The van der Waals surface area contributed by atoms with Crippen LogP contribution in [0.3, 0.4) is 0 Å². The Kier molecular flexibility index (Phi) is 5.02. The van der Waals surface area contributed by atoms with Crippen molar-refractivity contribution in [2.45, 2.75) is 43.0 Å². The van der Waals surface area contributed by atoms with Crippen molar-refractivity contribution in [3.63, 3.8) is 0 Å². The van der Waals surface area contributed by atoms with Crippen molar-refractivity contribution in [1.29, 1.82) is 0 Å². The molecule has 130 valence electrons. The number of aryl methyl sites for hydroxylation is 1. The molecular formula is C15H19N3O4S2. The van der Waals surface area contributed by atoms with Gasteiger partial charge in [-0.15, -0.1) is 11.3 Å². The molecule has 1 atom stereocenters. The van der Waals surface area contributed by atoms with E-state index in [4.69, 9.17) is 0 Å². The first-order chi connectivity index (χ1) is 11.5. The van der Waals surface area contributed by atoms with Gasteiger partial charge in [0.1, 0.15) is 0 Å². The average Bonchev–Trinajstić information content (AvgIpc) is 3.06. The second kappa shape index (κ2) is 7.04. The fraction of sp³-hybridized carbons (Fsp3) is 0.467. The highest BCUT2D eigenvalue weighted by molar-refractivity contribution is 7.89. The lowest BCUT2D eigenvalue weighted by atomic mass is 10.0. The molecule has 1 unspecified atom stereocenters. The van der Waals surface area contributed by atoms with Gasteiger partial charge in [0, 0.05) is 23.7 Å². The summed E-state index contributed by atoms with van der Waals surface area (Å²) in [5, 5.41) is 2.00. The summed E-state index contributed by atoms with van der Waals surface area (Å²) in [5.74, 6) is 0. The number of hydrogen-bond acceptors (Lipinski definition) is 5. The van der Waals surface area contributed by atoms with Crippen molar-refractivity contribution in [3.8, 4) is 0 Å². The predicted octanol–water partition coefficient (Wildman–Crippen LogP) is 1.30. The van der Waals surface area contributed by atoms with E-state index in [2.05, 4.69) is 4.98 Å². The van der Waals surface area contributed by atoms with Gasteiger partial charge in [-0.25, -0.2) is 13.2 Å². The fourth-order valence-corrected chi connectivity index (χ4v) is 5.50. The summed E-state index contributed by atoms with van der Waals surface area (Å²) in [5.41, 5.74) is -1.59. The minimum absolute atomic E-state index is 0.128. The average molecular weight is 369 g/mol. The Hall–Kier alpha value is -1.71. The molecule has 1 saturated heterocycles. The van der Waals surface area contributed by atoms with E-state index in [-0.39, 0.29) is 6.04 Å². The standard InChI is InChI=1S/C15H19N3O4S2/c19-14-13(10-16-15(20)17-14)24(21,22)18-8-2-1-4-11(18)6-7-12-5-3-9-23-12/h3,5,9-11H,1-2,4,6-8H2,(H2,16,17,19,20). The normalized spacial score (nSPS) is 19.4. The minimum Gasteiger partial charge on any atom is -0.313 e. The van der Waals surface area contributed by atoms with Crippen LogP contribution in [0, 0.1) is 0 Å². The number of hydrogen-bond donors (Lipinski definition) is 2. The molecular weight excluding hydrogens is 350 g/mol. The molecule has 0 amide bonds. The number of thiophene rings is 1. The lowest BCUT2D eigenvalue weighted by molar-refractivity contribution is 0.241. The third-order valence-corrected chi connectivity index (χ3v) is 7.14. The number of aromatic amines is 2. The van der Waals surface area contributed by atoms with Crippen LogP contribution in [0.4, 0.5) is 0 Å². The Balaban J connectivity index is 1.85. The van der Waals surface area contributed by atoms with Crippen LogP contribution in [0.25, 0.3) is 0 Å². The van der Waals surface area contributed by atoms with Crippen LogP contribution in [0.15, 0.2) is 38.2 Å². The number of piperidine rings is 1. The highest BCUT2D eigenvalue weighted by Crippen LogP contribution is 2.27. The van der Waals surface area contributed by atoms with E-state index in [1.54, 1.807) is 11.3 Å². The van der Waals surface area contributed by atoms with Crippen molar-refractivity contribution in [2.24, 2.45) is 0 Å². The summed E-state index contributed by atoms with van der Waals surface area (Å²) in [6.07, 6.45) is 5.06. The van der Waals surface area contributed by atoms with Crippen LogP contribution in [-0.2, 0) is 16.4 Å². The topological polar surface area (TPSA) is 103 Å². The Morgan fingerprint density at radius 1 is 1.29 bits per heavy atom. The first-order valence-corrected chi connectivity index (χ1v) is 10.2. The van der Waals surface area contributed by atoms with Crippen molar-refractivity contribution in [2.75, 3.05) is 6.54 Å². The van der Waals surface area contributed by atoms with Gasteiger partial charge in [-0.1, -0.05) is 12.5 Å². The van der Waals surface area contributed by atoms with E-state index in [0.29, 0.717) is 6.54 Å². The van der Waals surface area contributed by atoms with Crippen molar-refractivity contribution in [3.05, 3.63) is 49.4 Å². The molecule has 0 radical (unpaired) electrons. The van der Waals surface area contributed by atoms with Gasteiger partial charge >= 0.3 is 5.69 Å².